The number of esters is 1. The van der Waals surface area contributed by atoms with Crippen molar-refractivity contribution in [2.75, 3.05) is 26.2 Å². The Morgan fingerprint density at radius 3 is 2.95 bits per heavy atom. The molecule has 0 radical (unpaired) electrons. The van der Waals surface area contributed by atoms with Gasteiger partial charge >= 0.3 is 5.97 Å². The maximum absolute atomic E-state index is 12.8. The summed E-state index contributed by atoms with van der Waals surface area (Å²) < 4.78 is 5.92. The van der Waals surface area contributed by atoms with Crippen molar-refractivity contribution in [3.8, 4) is 0 Å². The second-order valence-corrected chi connectivity index (χ2v) is 5.85. The topological polar surface area (TPSA) is 58.6 Å². The molecule has 1 atom stereocenters. The molecule has 5 nitrogen and oxygen atoms in total. The molecule has 1 N–H and O–H groups in total. The van der Waals surface area contributed by atoms with E-state index in [2.05, 4.69) is 21.2 Å². The number of hydrogen-bond acceptors (Lipinski definition) is 4. The van der Waals surface area contributed by atoms with E-state index < -0.39 is 6.04 Å². The first-order chi connectivity index (χ1) is 10.0. The van der Waals surface area contributed by atoms with Crippen molar-refractivity contribution in [2.45, 2.75) is 19.9 Å². The van der Waals surface area contributed by atoms with E-state index in [9.17, 15) is 9.59 Å². The molecule has 1 aromatic carbocycles. The first-order valence-electron chi connectivity index (χ1n) is 6.99. The monoisotopic (exact) mass is 354 g/mol. The fourth-order valence-electron chi connectivity index (χ4n) is 2.38. The maximum atomic E-state index is 12.8. The van der Waals surface area contributed by atoms with Gasteiger partial charge < -0.3 is 15.0 Å². The number of amides is 1. The van der Waals surface area contributed by atoms with E-state index in [1.807, 2.05) is 19.1 Å². The Bertz CT molecular complexity index is 548. The Morgan fingerprint density at radius 2 is 2.24 bits per heavy atom. The van der Waals surface area contributed by atoms with Crippen LogP contribution in [0.1, 0.15) is 22.8 Å². The number of ether oxygens (including phenoxy) is 1. The summed E-state index contributed by atoms with van der Waals surface area (Å²) >= 11 is 3.38. The smallest absolute Gasteiger partial charge is 0.330 e. The highest BCUT2D eigenvalue weighted by molar-refractivity contribution is 9.10. The molecule has 21 heavy (non-hydrogen) atoms. The van der Waals surface area contributed by atoms with E-state index in [0.717, 1.165) is 10.0 Å². The molecular formula is C15H19BrN2O3. The molecule has 1 saturated heterocycles. The zero-order chi connectivity index (χ0) is 15.4. The number of halogens is 1. The lowest BCUT2D eigenvalue weighted by molar-refractivity contribution is -0.149. The van der Waals surface area contributed by atoms with Crippen LogP contribution in [0.2, 0.25) is 0 Å². The van der Waals surface area contributed by atoms with E-state index >= 15 is 0 Å². The van der Waals surface area contributed by atoms with Crippen molar-refractivity contribution in [2.24, 2.45) is 0 Å². The zero-order valence-electron chi connectivity index (χ0n) is 12.2. The van der Waals surface area contributed by atoms with Crippen LogP contribution in [0, 0.1) is 6.92 Å². The molecule has 0 aromatic heterocycles. The van der Waals surface area contributed by atoms with Crippen molar-refractivity contribution < 1.29 is 14.3 Å². The van der Waals surface area contributed by atoms with Crippen LogP contribution in [0.5, 0.6) is 0 Å². The molecule has 1 amide bonds. The summed E-state index contributed by atoms with van der Waals surface area (Å²) in [5, 5.41) is 3.13. The lowest BCUT2D eigenvalue weighted by Gasteiger charge is -2.34. The van der Waals surface area contributed by atoms with Crippen LogP contribution >= 0.6 is 15.9 Å². The van der Waals surface area contributed by atoms with E-state index in [-0.39, 0.29) is 11.9 Å². The summed E-state index contributed by atoms with van der Waals surface area (Å²) in [5.74, 6) is -0.487. The maximum Gasteiger partial charge on any atom is 0.330 e. The molecule has 114 valence electrons. The SMILES string of the molecule is CCOC(=O)C1CNCCN1C(=O)c1cc(Br)ccc1C. The number of rotatable bonds is 3. The molecular weight excluding hydrogens is 336 g/mol. The third-order valence-corrected chi connectivity index (χ3v) is 3.99. The summed E-state index contributed by atoms with van der Waals surface area (Å²) in [4.78, 5) is 26.4. The van der Waals surface area contributed by atoms with Gasteiger partial charge in [0.1, 0.15) is 6.04 Å². The fourth-order valence-corrected chi connectivity index (χ4v) is 2.74. The highest BCUT2D eigenvalue weighted by atomic mass is 79.9. The van der Waals surface area contributed by atoms with Crippen LogP contribution in [0.15, 0.2) is 22.7 Å². The highest BCUT2D eigenvalue weighted by Gasteiger charge is 2.34. The van der Waals surface area contributed by atoms with Gasteiger partial charge in [0.25, 0.3) is 5.91 Å². The third-order valence-electron chi connectivity index (χ3n) is 3.49. The van der Waals surface area contributed by atoms with Crippen LogP contribution < -0.4 is 5.32 Å². The van der Waals surface area contributed by atoms with Crippen LogP contribution in [-0.4, -0.2) is 49.1 Å². The van der Waals surface area contributed by atoms with Crippen LogP contribution in [0.4, 0.5) is 0 Å². The molecule has 2 rings (SSSR count). The van der Waals surface area contributed by atoms with Gasteiger partial charge in [-0.1, -0.05) is 22.0 Å². The second-order valence-electron chi connectivity index (χ2n) is 4.93. The summed E-state index contributed by atoms with van der Waals surface area (Å²) in [6, 6.07) is 5.01. The Morgan fingerprint density at radius 1 is 1.48 bits per heavy atom. The average molecular weight is 355 g/mol. The molecule has 0 aliphatic carbocycles. The predicted molar refractivity (Wildman–Crippen MR) is 83.2 cm³/mol. The van der Waals surface area contributed by atoms with Crippen molar-refractivity contribution in [1.29, 1.82) is 0 Å². The molecule has 1 unspecified atom stereocenters. The number of nitrogens with zero attached hydrogens (tertiary/aromatic N) is 1. The Balaban J connectivity index is 2.26. The molecule has 0 bridgehead atoms. The quantitative estimate of drug-likeness (QED) is 0.840. The minimum atomic E-state index is -0.565. The number of piperazine rings is 1. The van der Waals surface area contributed by atoms with Gasteiger partial charge in [-0.3, -0.25) is 4.79 Å². The number of benzene rings is 1. The number of hydrogen-bond donors (Lipinski definition) is 1. The Kier molecular flexibility index (Phi) is 5.36. The van der Waals surface area contributed by atoms with E-state index in [4.69, 9.17) is 4.74 Å². The number of nitrogens with one attached hydrogen (secondary N) is 1. The van der Waals surface area contributed by atoms with Crippen LogP contribution in [-0.2, 0) is 9.53 Å². The van der Waals surface area contributed by atoms with E-state index in [1.165, 1.54) is 0 Å². The summed E-state index contributed by atoms with van der Waals surface area (Å²) in [6.45, 7) is 5.56. The first-order valence-corrected chi connectivity index (χ1v) is 7.78. The predicted octanol–water partition coefficient (Wildman–Crippen LogP) is 1.73. The highest BCUT2D eigenvalue weighted by Crippen LogP contribution is 2.19. The molecule has 1 heterocycles. The zero-order valence-corrected chi connectivity index (χ0v) is 13.8. The summed E-state index contributed by atoms with van der Waals surface area (Å²) in [7, 11) is 0. The van der Waals surface area contributed by atoms with E-state index in [0.29, 0.717) is 31.8 Å². The van der Waals surface area contributed by atoms with E-state index in [1.54, 1.807) is 17.9 Å². The normalized spacial score (nSPS) is 18.4. The van der Waals surface area contributed by atoms with Gasteiger partial charge in [-0.05, 0) is 31.5 Å². The lowest BCUT2D eigenvalue weighted by atomic mass is 10.1. The van der Waals surface area contributed by atoms with Crippen LogP contribution in [0.25, 0.3) is 0 Å². The van der Waals surface area contributed by atoms with Crippen molar-refractivity contribution in [3.63, 3.8) is 0 Å². The minimum absolute atomic E-state index is 0.131. The third kappa shape index (κ3) is 3.63. The van der Waals surface area contributed by atoms with Gasteiger partial charge in [0.15, 0.2) is 0 Å². The lowest BCUT2D eigenvalue weighted by Crippen LogP contribution is -2.57. The van der Waals surface area contributed by atoms with Gasteiger partial charge in [-0.2, -0.15) is 0 Å². The average Bonchev–Trinajstić information content (AvgIpc) is 2.49. The van der Waals surface area contributed by atoms with Crippen molar-refractivity contribution in [3.05, 3.63) is 33.8 Å². The molecule has 1 fully saturated rings. The minimum Gasteiger partial charge on any atom is -0.464 e. The number of carbonyl (C=O) groups is 2. The first kappa shape index (κ1) is 16.0. The van der Waals surface area contributed by atoms with Gasteiger partial charge in [0.05, 0.1) is 6.61 Å². The van der Waals surface area contributed by atoms with Crippen LogP contribution in [0.3, 0.4) is 0 Å². The molecule has 0 spiro atoms. The molecule has 1 aromatic rings. The van der Waals surface area contributed by atoms with Gasteiger partial charge in [0.2, 0.25) is 0 Å². The van der Waals surface area contributed by atoms with Gasteiger partial charge in [0, 0.05) is 29.7 Å². The summed E-state index contributed by atoms with van der Waals surface area (Å²) in [6.07, 6.45) is 0. The fraction of sp³-hybridized carbons (Fsp3) is 0.467. The van der Waals surface area contributed by atoms with Crippen molar-refractivity contribution in [1.82, 2.24) is 10.2 Å². The largest absolute Gasteiger partial charge is 0.464 e. The molecule has 6 heteroatoms. The van der Waals surface area contributed by atoms with Crippen molar-refractivity contribution >= 4 is 27.8 Å². The Labute approximate surface area is 132 Å². The Hall–Kier alpha value is -1.40. The molecule has 0 saturated carbocycles. The van der Waals surface area contributed by atoms with Gasteiger partial charge in [-0.25, -0.2) is 4.79 Å². The standard InChI is InChI=1S/C15H19BrN2O3/c1-3-21-15(20)13-9-17-6-7-18(13)14(19)12-8-11(16)5-4-10(12)2/h4-5,8,13,17H,3,6-7,9H2,1-2H3. The van der Waals surface area contributed by atoms with Gasteiger partial charge in [-0.15, -0.1) is 0 Å². The second kappa shape index (κ2) is 7.04. The summed E-state index contributed by atoms with van der Waals surface area (Å²) in [5.41, 5.74) is 1.50. The number of carbonyl (C=O) groups excluding carboxylic acids is 2. The molecule has 1 aliphatic heterocycles. The molecule has 1 aliphatic rings. The number of aryl methyl sites for hydroxylation is 1.